The number of likely N-dealkylation sites (tertiary alicyclic amines) is 1. The highest BCUT2D eigenvalue weighted by Crippen LogP contribution is 2.26. The molecule has 10 heteroatoms. The van der Waals surface area contributed by atoms with Crippen LogP contribution in [-0.2, 0) is 16.6 Å². The van der Waals surface area contributed by atoms with E-state index in [4.69, 9.17) is 4.42 Å². The number of aromatic nitrogens is 1. The van der Waals surface area contributed by atoms with Crippen LogP contribution in [0, 0.1) is 0 Å². The number of piperidine rings is 1. The molecule has 1 aromatic carbocycles. The average Bonchev–Trinajstić information content (AvgIpc) is 2.94. The zero-order chi connectivity index (χ0) is 18.9. The molecular formula is C16H20F3N3O3S. The van der Waals surface area contributed by atoms with Gasteiger partial charge in [0.15, 0.2) is 5.58 Å². The third kappa shape index (κ3) is 4.74. The summed E-state index contributed by atoms with van der Waals surface area (Å²) in [5, 5.41) is 0. The summed E-state index contributed by atoms with van der Waals surface area (Å²) >= 11 is 0. The molecule has 0 spiro atoms. The highest BCUT2D eigenvalue weighted by Gasteiger charge is 2.39. The zero-order valence-corrected chi connectivity index (χ0v) is 15.1. The predicted molar refractivity (Wildman–Crippen MR) is 89.9 cm³/mol. The number of sulfonamides is 1. The summed E-state index contributed by atoms with van der Waals surface area (Å²) in [6.45, 7) is -0.0400. The van der Waals surface area contributed by atoms with Crippen LogP contribution in [-0.4, -0.2) is 60.7 Å². The van der Waals surface area contributed by atoms with Crippen molar-refractivity contribution in [2.45, 2.75) is 31.6 Å². The van der Waals surface area contributed by atoms with Gasteiger partial charge in [-0.1, -0.05) is 12.1 Å². The molecule has 0 radical (unpaired) electrons. The molecule has 1 aromatic heterocycles. The molecular weight excluding hydrogens is 371 g/mol. The summed E-state index contributed by atoms with van der Waals surface area (Å²) in [4.78, 5) is 6.39. The first-order chi connectivity index (χ1) is 12.1. The normalized spacial score (nSPS) is 18.0. The van der Waals surface area contributed by atoms with Gasteiger partial charge >= 0.3 is 6.18 Å². The maximum atomic E-state index is 12.7. The van der Waals surface area contributed by atoms with Crippen LogP contribution >= 0.6 is 0 Å². The van der Waals surface area contributed by atoms with E-state index >= 15 is 0 Å². The zero-order valence-electron chi connectivity index (χ0n) is 14.2. The summed E-state index contributed by atoms with van der Waals surface area (Å²) in [5.41, 5.74) is 1.44. The van der Waals surface area contributed by atoms with E-state index < -0.39 is 28.8 Å². The summed E-state index contributed by atoms with van der Waals surface area (Å²) in [5.74, 6) is 0.542. The summed E-state index contributed by atoms with van der Waals surface area (Å²) < 4.78 is 67.9. The number of hydrogen-bond acceptors (Lipinski definition) is 5. The van der Waals surface area contributed by atoms with E-state index in [1.807, 2.05) is 29.2 Å². The number of nitrogens with zero attached hydrogens (tertiary/aromatic N) is 3. The topological polar surface area (TPSA) is 66.7 Å². The van der Waals surface area contributed by atoms with Gasteiger partial charge in [0, 0.05) is 19.1 Å². The van der Waals surface area contributed by atoms with Gasteiger partial charge in [0.1, 0.15) is 12.1 Å². The lowest BCUT2D eigenvalue weighted by molar-refractivity contribution is -0.140. The Bertz CT molecular complexity index is 825. The van der Waals surface area contributed by atoms with Crippen molar-refractivity contribution in [3.8, 4) is 0 Å². The number of fused-ring (bicyclic) bond motifs is 1. The molecule has 0 saturated carbocycles. The van der Waals surface area contributed by atoms with E-state index in [1.165, 1.54) is 0 Å². The fourth-order valence-corrected chi connectivity index (χ4v) is 4.37. The Morgan fingerprint density at radius 3 is 2.50 bits per heavy atom. The highest BCUT2D eigenvalue weighted by atomic mass is 32.2. The van der Waals surface area contributed by atoms with Crippen LogP contribution in [0.2, 0.25) is 0 Å². The number of para-hydroxylation sites is 2. The number of hydrogen-bond donors (Lipinski definition) is 0. The fraction of sp³-hybridized carbons (Fsp3) is 0.562. The first kappa shape index (κ1) is 19.1. The van der Waals surface area contributed by atoms with Gasteiger partial charge in [-0.25, -0.2) is 13.4 Å². The summed E-state index contributed by atoms with van der Waals surface area (Å²) in [6.07, 6.45) is -3.06. The maximum absolute atomic E-state index is 12.7. The first-order valence-corrected chi connectivity index (χ1v) is 10.1. The van der Waals surface area contributed by atoms with Gasteiger partial charge in [0.25, 0.3) is 0 Å². The van der Waals surface area contributed by atoms with Gasteiger partial charge in [0.2, 0.25) is 15.9 Å². The number of benzene rings is 1. The van der Waals surface area contributed by atoms with Crippen LogP contribution in [0.5, 0.6) is 0 Å². The van der Waals surface area contributed by atoms with Crippen molar-refractivity contribution in [2.24, 2.45) is 0 Å². The Hall–Kier alpha value is -1.65. The molecule has 2 heterocycles. The summed E-state index contributed by atoms with van der Waals surface area (Å²) in [7, 11) is -3.93. The first-order valence-electron chi connectivity index (χ1n) is 8.22. The molecule has 0 unspecified atom stereocenters. The third-order valence-corrected chi connectivity index (χ3v) is 5.70. The molecule has 6 nitrogen and oxygen atoms in total. The molecule has 26 heavy (non-hydrogen) atoms. The second kappa shape index (κ2) is 7.16. The minimum atomic E-state index is -4.56. The van der Waals surface area contributed by atoms with Gasteiger partial charge < -0.3 is 4.42 Å². The molecule has 0 atom stereocenters. The van der Waals surface area contributed by atoms with Crippen molar-refractivity contribution in [2.75, 3.05) is 25.9 Å². The lowest BCUT2D eigenvalue weighted by atomic mass is 10.1. The van der Waals surface area contributed by atoms with Crippen LogP contribution in [0.1, 0.15) is 18.7 Å². The molecule has 1 fully saturated rings. The van der Waals surface area contributed by atoms with Crippen molar-refractivity contribution in [3.63, 3.8) is 0 Å². The largest absolute Gasteiger partial charge is 0.439 e. The Morgan fingerprint density at radius 2 is 1.92 bits per heavy atom. The van der Waals surface area contributed by atoms with E-state index in [1.54, 1.807) is 0 Å². The number of oxazole rings is 1. The monoisotopic (exact) mass is 391 g/mol. The molecule has 0 N–H and O–H groups in total. The third-order valence-electron chi connectivity index (χ3n) is 4.42. The summed E-state index contributed by atoms with van der Waals surface area (Å²) in [6, 6.07) is 6.73. The van der Waals surface area contributed by atoms with Gasteiger partial charge in [0.05, 0.1) is 12.8 Å². The molecule has 2 aromatic rings. The van der Waals surface area contributed by atoms with Crippen LogP contribution in [0.15, 0.2) is 28.7 Å². The molecule has 3 rings (SSSR count). The second-order valence-electron chi connectivity index (χ2n) is 6.51. The minimum absolute atomic E-state index is 0.337. The minimum Gasteiger partial charge on any atom is -0.439 e. The number of rotatable bonds is 5. The van der Waals surface area contributed by atoms with Crippen molar-refractivity contribution in [3.05, 3.63) is 30.2 Å². The highest BCUT2D eigenvalue weighted by molar-refractivity contribution is 7.88. The van der Waals surface area contributed by atoms with Crippen molar-refractivity contribution < 1.29 is 26.0 Å². The van der Waals surface area contributed by atoms with Gasteiger partial charge in [-0.05, 0) is 25.0 Å². The van der Waals surface area contributed by atoms with Crippen LogP contribution in [0.3, 0.4) is 0 Å². The Morgan fingerprint density at radius 1 is 1.27 bits per heavy atom. The lowest BCUT2D eigenvalue weighted by Gasteiger charge is -2.37. The van der Waals surface area contributed by atoms with E-state index in [0.29, 0.717) is 48.3 Å². The predicted octanol–water partition coefficient (Wildman–Crippen LogP) is 2.62. The quantitative estimate of drug-likeness (QED) is 0.784. The Balaban J connectivity index is 1.62. The number of alkyl halides is 3. The van der Waals surface area contributed by atoms with Crippen LogP contribution in [0.25, 0.3) is 11.1 Å². The lowest BCUT2D eigenvalue weighted by Crippen LogP contribution is -2.49. The van der Waals surface area contributed by atoms with E-state index in [-0.39, 0.29) is 0 Å². The molecule has 0 amide bonds. The number of halogens is 3. The Labute approximate surface area is 149 Å². The molecule has 1 saturated heterocycles. The smallest absolute Gasteiger partial charge is 0.402 e. The van der Waals surface area contributed by atoms with Crippen molar-refractivity contribution in [1.82, 2.24) is 14.2 Å². The van der Waals surface area contributed by atoms with Crippen molar-refractivity contribution >= 4 is 21.1 Å². The van der Waals surface area contributed by atoms with E-state index in [2.05, 4.69) is 4.98 Å². The molecule has 0 aliphatic carbocycles. The van der Waals surface area contributed by atoms with Crippen molar-refractivity contribution in [1.29, 1.82) is 0 Å². The maximum Gasteiger partial charge on any atom is 0.402 e. The Kier molecular flexibility index (Phi) is 5.27. The van der Waals surface area contributed by atoms with Gasteiger partial charge in [-0.15, -0.1) is 0 Å². The second-order valence-corrected chi connectivity index (χ2v) is 8.44. The average molecular weight is 391 g/mol. The van der Waals surface area contributed by atoms with Crippen LogP contribution in [0.4, 0.5) is 13.2 Å². The molecule has 1 aliphatic rings. The molecule has 0 bridgehead atoms. The standard InChI is InChI=1S/C16H20F3N3O3S/c1-26(23,24)22(11-16(17,18)19)12-6-8-21(9-7-12)10-15-20-13-4-2-3-5-14(13)25-15/h2-5,12H,6-11H2,1H3. The van der Waals surface area contributed by atoms with Crippen LogP contribution < -0.4 is 0 Å². The SMILES string of the molecule is CS(=O)(=O)N(CC(F)(F)F)C1CCN(Cc2nc3ccccc3o2)CC1. The van der Waals surface area contributed by atoms with E-state index in [9.17, 15) is 21.6 Å². The van der Waals surface area contributed by atoms with Gasteiger partial charge in [-0.3, -0.25) is 4.90 Å². The molecule has 144 valence electrons. The van der Waals surface area contributed by atoms with E-state index in [0.717, 1.165) is 11.8 Å². The van der Waals surface area contributed by atoms with Gasteiger partial charge in [-0.2, -0.15) is 17.5 Å². The molecule has 1 aliphatic heterocycles. The fourth-order valence-electron chi connectivity index (χ4n) is 3.24.